The third-order valence-corrected chi connectivity index (χ3v) is 5.17. The Hall–Kier alpha value is -1.15. The molecule has 0 radical (unpaired) electrons. The van der Waals surface area contributed by atoms with Crippen molar-refractivity contribution >= 4 is 22.0 Å². The van der Waals surface area contributed by atoms with Gasteiger partial charge in [0.05, 0.1) is 12.4 Å². The van der Waals surface area contributed by atoms with Gasteiger partial charge in [0.2, 0.25) is 10.0 Å². The SMILES string of the molecule is COC(=O)CC[C@H](NS(=O)(=O)C1CCCC1)C(=O)O. The Balaban J connectivity index is 2.62. The molecule has 7 nitrogen and oxygen atoms in total. The quantitative estimate of drug-likeness (QED) is 0.651. The van der Waals surface area contributed by atoms with E-state index in [9.17, 15) is 18.0 Å². The van der Waals surface area contributed by atoms with Gasteiger partial charge in [-0.15, -0.1) is 0 Å². The summed E-state index contributed by atoms with van der Waals surface area (Å²) in [6.45, 7) is 0. The van der Waals surface area contributed by atoms with Gasteiger partial charge in [0.1, 0.15) is 6.04 Å². The minimum atomic E-state index is -3.64. The number of carboxylic acids is 1. The van der Waals surface area contributed by atoms with Gasteiger partial charge in [-0.25, -0.2) is 13.1 Å². The molecular weight excluding hydrogens is 274 g/mol. The molecule has 0 aliphatic heterocycles. The molecule has 0 aromatic rings. The van der Waals surface area contributed by atoms with Gasteiger partial charge in [-0.1, -0.05) is 12.8 Å². The van der Waals surface area contributed by atoms with Crippen LogP contribution in [0.2, 0.25) is 0 Å². The van der Waals surface area contributed by atoms with E-state index in [4.69, 9.17) is 5.11 Å². The second kappa shape index (κ2) is 6.85. The van der Waals surface area contributed by atoms with Crippen LogP contribution < -0.4 is 4.72 Å². The number of carboxylic acid groups (broad SMARTS) is 1. The van der Waals surface area contributed by atoms with Crippen molar-refractivity contribution in [1.82, 2.24) is 4.72 Å². The maximum atomic E-state index is 12.0. The molecule has 1 fully saturated rings. The highest BCUT2D eigenvalue weighted by Gasteiger charge is 2.32. The van der Waals surface area contributed by atoms with E-state index in [2.05, 4.69) is 9.46 Å². The van der Waals surface area contributed by atoms with E-state index < -0.39 is 33.3 Å². The Morgan fingerprint density at radius 3 is 2.42 bits per heavy atom. The number of rotatable bonds is 7. The molecule has 0 unspecified atom stereocenters. The Labute approximate surface area is 112 Å². The molecule has 110 valence electrons. The lowest BCUT2D eigenvalue weighted by Gasteiger charge is -2.17. The first-order chi connectivity index (χ1) is 8.86. The van der Waals surface area contributed by atoms with E-state index >= 15 is 0 Å². The number of methoxy groups -OCH3 is 1. The van der Waals surface area contributed by atoms with Gasteiger partial charge in [0.15, 0.2) is 0 Å². The molecule has 0 bridgehead atoms. The molecule has 0 saturated heterocycles. The molecule has 1 saturated carbocycles. The smallest absolute Gasteiger partial charge is 0.321 e. The Kier molecular flexibility index (Phi) is 5.74. The predicted molar refractivity (Wildman–Crippen MR) is 67.0 cm³/mol. The summed E-state index contributed by atoms with van der Waals surface area (Å²) in [6.07, 6.45) is 2.53. The van der Waals surface area contributed by atoms with Crippen molar-refractivity contribution in [2.75, 3.05) is 7.11 Å². The third kappa shape index (κ3) is 4.79. The van der Waals surface area contributed by atoms with E-state index in [1.54, 1.807) is 0 Å². The van der Waals surface area contributed by atoms with Crippen LogP contribution in [0.5, 0.6) is 0 Å². The van der Waals surface area contributed by atoms with Gasteiger partial charge in [0, 0.05) is 6.42 Å². The van der Waals surface area contributed by atoms with E-state index in [0.717, 1.165) is 12.8 Å². The minimum absolute atomic E-state index is 0.117. The molecule has 0 aromatic carbocycles. The molecule has 0 amide bonds. The molecule has 0 heterocycles. The largest absolute Gasteiger partial charge is 0.480 e. The molecular formula is C11H19NO6S. The molecule has 1 rings (SSSR count). The highest BCUT2D eigenvalue weighted by Crippen LogP contribution is 2.24. The highest BCUT2D eigenvalue weighted by molar-refractivity contribution is 7.90. The van der Waals surface area contributed by atoms with Crippen LogP contribution in [0.15, 0.2) is 0 Å². The zero-order valence-corrected chi connectivity index (χ0v) is 11.6. The summed E-state index contributed by atoms with van der Waals surface area (Å²) in [5.74, 6) is -1.85. The number of esters is 1. The van der Waals surface area contributed by atoms with Gasteiger partial charge in [-0.05, 0) is 19.3 Å². The molecule has 2 N–H and O–H groups in total. The fourth-order valence-electron chi connectivity index (χ4n) is 2.09. The van der Waals surface area contributed by atoms with Crippen molar-refractivity contribution in [2.45, 2.75) is 49.8 Å². The summed E-state index contributed by atoms with van der Waals surface area (Å²) < 4.78 is 30.5. The van der Waals surface area contributed by atoms with E-state index in [-0.39, 0.29) is 12.8 Å². The van der Waals surface area contributed by atoms with Crippen LogP contribution in [0.4, 0.5) is 0 Å². The van der Waals surface area contributed by atoms with E-state index in [0.29, 0.717) is 12.8 Å². The lowest BCUT2D eigenvalue weighted by atomic mass is 10.2. The highest BCUT2D eigenvalue weighted by atomic mass is 32.2. The zero-order valence-electron chi connectivity index (χ0n) is 10.8. The minimum Gasteiger partial charge on any atom is -0.480 e. The van der Waals surface area contributed by atoms with E-state index in [1.807, 2.05) is 0 Å². The summed E-state index contributed by atoms with van der Waals surface area (Å²) in [6, 6.07) is -1.29. The van der Waals surface area contributed by atoms with Crippen LogP contribution in [-0.2, 0) is 24.3 Å². The van der Waals surface area contributed by atoms with Gasteiger partial charge in [-0.2, -0.15) is 0 Å². The number of sulfonamides is 1. The molecule has 1 aliphatic rings. The maximum Gasteiger partial charge on any atom is 0.321 e. The van der Waals surface area contributed by atoms with Crippen molar-refractivity contribution in [2.24, 2.45) is 0 Å². The first kappa shape index (κ1) is 15.9. The predicted octanol–water partition coefficient (Wildman–Crippen LogP) is 0.255. The Bertz CT molecular complexity index is 426. The second-order valence-corrected chi connectivity index (χ2v) is 6.57. The first-order valence-corrected chi connectivity index (χ1v) is 7.72. The molecule has 1 aliphatic carbocycles. The van der Waals surface area contributed by atoms with Crippen LogP contribution in [0.1, 0.15) is 38.5 Å². The summed E-state index contributed by atoms with van der Waals surface area (Å²) in [7, 11) is -2.45. The number of carbonyl (C=O) groups excluding carboxylic acids is 1. The van der Waals surface area contributed by atoms with Gasteiger partial charge >= 0.3 is 11.9 Å². The molecule has 0 spiro atoms. The van der Waals surface area contributed by atoms with Crippen molar-refractivity contribution in [1.29, 1.82) is 0 Å². The van der Waals surface area contributed by atoms with Crippen molar-refractivity contribution in [3.8, 4) is 0 Å². The zero-order chi connectivity index (χ0) is 14.5. The molecule has 0 aromatic heterocycles. The lowest BCUT2D eigenvalue weighted by Crippen LogP contribution is -2.44. The summed E-state index contributed by atoms with van der Waals surface area (Å²) in [4.78, 5) is 22.0. The van der Waals surface area contributed by atoms with Crippen LogP contribution >= 0.6 is 0 Å². The number of hydrogen-bond donors (Lipinski definition) is 2. The van der Waals surface area contributed by atoms with Gasteiger partial charge in [-0.3, -0.25) is 9.59 Å². The number of hydrogen-bond acceptors (Lipinski definition) is 5. The monoisotopic (exact) mass is 293 g/mol. The summed E-state index contributed by atoms with van der Waals surface area (Å²) in [5.41, 5.74) is 0. The van der Waals surface area contributed by atoms with Crippen LogP contribution in [0, 0.1) is 0 Å². The fraction of sp³-hybridized carbons (Fsp3) is 0.818. The van der Waals surface area contributed by atoms with Crippen LogP contribution in [0.3, 0.4) is 0 Å². The number of nitrogens with one attached hydrogen (secondary N) is 1. The molecule has 19 heavy (non-hydrogen) atoms. The first-order valence-electron chi connectivity index (χ1n) is 6.17. The van der Waals surface area contributed by atoms with Crippen molar-refractivity contribution < 1.29 is 27.9 Å². The third-order valence-electron chi connectivity index (χ3n) is 3.21. The summed E-state index contributed by atoms with van der Waals surface area (Å²) in [5, 5.41) is 8.47. The molecule has 1 atom stereocenters. The molecule has 8 heteroatoms. The van der Waals surface area contributed by atoms with Crippen molar-refractivity contribution in [3.05, 3.63) is 0 Å². The standard InChI is InChI=1S/C11H19NO6S/c1-18-10(13)7-6-9(11(14)15)12-19(16,17)8-4-2-3-5-8/h8-9,12H,2-7H2,1H3,(H,14,15)/t9-/m0/s1. The Morgan fingerprint density at radius 1 is 1.37 bits per heavy atom. The van der Waals surface area contributed by atoms with Crippen molar-refractivity contribution in [3.63, 3.8) is 0 Å². The second-order valence-electron chi connectivity index (χ2n) is 4.57. The van der Waals surface area contributed by atoms with Crippen LogP contribution in [0.25, 0.3) is 0 Å². The number of ether oxygens (including phenoxy) is 1. The van der Waals surface area contributed by atoms with E-state index in [1.165, 1.54) is 7.11 Å². The maximum absolute atomic E-state index is 12.0. The fourth-order valence-corrected chi connectivity index (χ4v) is 3.85. The van der Waals surface area contributed by atoms with Gasteiger partial charge in [0.25, 0.3) is 0 Å². The number of aliphatic carboxylic acids is 1. The normalized spacial score (nSPS) is 18.2. The van der Waals surface area contributed by atoms with Crippen LogP contribution in [-0.4, -0.2) is 43.9 Å². The number of carbonyl (C=O) groups is 2. The average Bonchev–Trinajstić information content (AvgIpc) is 2.88. The average molecular weight is 293 g/mol. The topological polar surface area (TPSA) is 110 Å². The Morgan fingerprint density at radius 2 is 1.95 bits per heavy atom. The lowest BCUT2D eigenvalue weighted by molar-refractivity contribution is -0.142. The summed E-state index contributed by atoms with van der Waals surface area (Å²) >= 11 is 0. The van der Waals surface area contributed by atoms with Gasteiger partial charge < -0.3 is 9.84 Å².